The van der Waals surface area contributed by atoms with Gasteiger partial charge in [0.25, 0.3) is 0 Å². The molecule has 0 aliphatic heterocycles. The van der Waals surface area contributed by atoms with Gasteiger partial charge in [0.15, 0.2) is 0 Å². The lowest BCUT2D eigenvalue weighted by Crippen LogP contribution is -2.11. The fourth-order valence-corrected chi connectivity index (χ4v) is 2.69. The Labute approximate surface area is 135 Å². The number of benzene rings is 2. The molecule has 2 aromatic rings. The SMILES string of the molecule is CC(C)c1ccc(CCC(N)c2ccc(C(C)C)cc2)cc1. The molecule has 0 heterocycles. The lowest BCUT2D eigenvalue weighted by molar-refractivity contribution is 0.650. The van der Waals surface area contributed by atoms with Crippen molar-refractivity contribution in [2.45, 2.75) is 58.4 Å². The number of aryl methyl sites for hydroxylation is 1. The van der Waals surface area contributed by atoms with Crippen LogP contribution in [-0.2, 0) is 6.42 Å². The van der Waals surface area contributed by atoms with Gasteiger partial charge >= 0.3 is 0 Å². The monoisotopic (exact) mass is 295 g/mol. The third-order valence-electron chi connectivity index (χ3n) is 4.42. The maximum absolute atomic E-state index is 6.35. The smallest absolute Gasteiger partial charge is 0.0298 e. The van der Waals surface area contributed by atoms with Crippen LogP contribution in [0.4, 0.5) is 0 Å². The van der Waals surface area contributed by atoms with E-state index in [1.807, 2.05) is 0 Å². The summed E-state index contributed by atoms with van der Waals surface area (Å²) in [6.07, 6.45) is 2.02. The molecule has 2 N–H and O–H groups in total. The Morgan fingerprint density at radius 2 is 1.09 bits per heavy atom. The number of rotatable bonds is 6. The molecule has 0 amide bonds. The summed E-state index contributed by atoms with van der Waals surface area (Å²) in [5.41, 5.74) is 11.7. The number of hydrogen-bond acceptors (Lipinski definition) is 1. The van der Waals surface area contributed by atoms with Crippen molar-refractivity contribution >= 4 is 0 Å². The third-order valence-corrected chi connectivity index (χ3v) is 4.42. The molecule has 0 saturated carbocycles. The van der Waals surface area contributed by atoms with Gasteiger partial charge in [-0.05, 0) is 46.9 Å². The lowest BCUT2D eigenvalue weighted by Gasteiger charge is -2.14. The maximum atomic E-state index is 6.35. The summed E-state index contributed by atoms with van der Waals surface area (Å²) in [4.78, 5) is 0. The van der Waals surface area contributed by atoms with Crippen molar-refractivity contribution in [1.82, 2.24) is 0 Å². The number of hydrogen-bond donors (Lipinski definition) is 1. The van der Waals surface area contributed by atoms with Gasteiger partial charge in [-0.1, -0.05) is 76.2 Å². The molecule has 1 atom stereocenters. The summed E-state index contributed by atoms with van der Waals surface area (Å²) in [6.45, 7) is 8.89. The van der Waals surface area contributed by atoms with Crippen LogP contribution in [0.1, 0.15) is 74.2 Å². The highest BCUT2D eigenvalue weighted by Gasteiger charge is 2.08. The van der Waals surface area contributed by atoms with Crippen molar-refractivity contribution in [2.75, 3.05) is 0 Å². The molecular formula is C21H29N. The first-order chi connectivity index (χ1) is 10.5. The van der Waals surface area contributed by atoms with Gasteiger partial charge in [0.05, 0.1) is 0 Å². The predicted molar refractivity (Wildman–Crippen MR) is 96.3 cm³/mol. The Kier molecular flexibility index (Phi) is 5.79. The highest BCUT2D eigenvalue weighted by molar-refractivity contribution is 5.28. The largest absolute Gasteiger partial charge is 0.324 e. The molecule has 0 spiro atoms. The summed E-state index contributed by atoms with van der Waals surface area (Å²) >= 11 is 0. The molecule has 2 rings (SSSR count). The molecular weight excluding hydrogens is 266 g/mol. The van der Waals surface area contributed by atoms with Crippen LogP contribution >= 0.6 is 0 Å². The van der Waals surface area contributed by atoms with Crippen LogP contribution in [0.3, 0.4) is 0 Å². The molecule has 118 valence electrons. The van der Waals surface area contributed by atoms with Crippen LogP contribution in [0.5, 0.6) is 0 Å². The molecule has 1 heteroatoms. The van der Waals surface area contributed by atoms with Crippen molar-refractivity contribution in [3.05, 3.63) is 70.8 Å². The molecule has 0 radical (unpaired) electrons. The van der Waals surface area contributed by atoms with E-state index >= 15 is 0 Å². The van der Waals surface area contributed by atoms with Crippen LogP contribution in [-0.4, -0.2) is 0 Å². The molecule has 0 aliphatic rings. The van der Waals surface area contributed by atoms with Crippen LogP contribution in [0.25, 0.3) is 0 Å². The van der Waals surface area contributed by atoms with Gasteiger partial charge in [-0.15, -0.1) is 0 Å². The van der Waals surface area contributed by atoms with E-state index in [4.69, 9.17) is 5.73 Å². The summed E-state index contributed by atoms with van der Waals surface area (Å²) in [5, 5.41) is 0. The van der Waals surface area contributed by atoms with Gasteiger partial charge in [0.1, 0.15) is 0 Å². The quantitative estimate of drug-likeness (QED) is 0.741. The van der Waals surface area contributed by atoms with E-state index in [1.165, 1.54) is 22.3 Å². The molecule has 0 bridgehead atoms. The van der Waals surface area contributed by atoms with Gasteiger partial charge in [0, 0.05) is 6.04 Å². The van der Waals surface area contributed by atoms with Crippen LogP contribution in [0, 0.1) is 0 Å². The fraction of sp³-hybridized carbons (Fsp3) is 0.429. The van der Waals surface area contributed by atoms with Crippen molar-refractivity contribution in [2.24, 2.45) is 5.73 Å². The Morgan fingerprint density at radius 1 is 0.682 bits per heavy atom. The molecule has 0 fully saturated rings. The molecule has 0 aromatic heterocycles. The molecule has 0 saturated heterocycles. The average molecular weight is 295 g/mol. The van der Waals surface area contributed by atoms with Crippen molar-refractivity contribution in [1.29, 1.82) is 0 Å². The van der Waals surface area contributed by atoms with Gasteiger partial charge in [-0.25, -0.2) is 0 Å². The Hall–Kier alpha value is -1.60. The standard InChI is InChI=1S/C21H29N/c1-15(2)18-8-5-17(6-9-18)7-14-21(22)20-12-10-19(11-13-20)16(3)4/h5-6,8-13,15-16,21H,7,14,22H2,1-4H3. The van der Waals surface area contributed by atoms with E-state index in [2.05, 4.69) is 76.2 Å². The Morgan fingerprint density at radius 3 is 1.55 bits per heavy atom. The zero-order chi connectivity index (χ0) is 16.1. The molecule has 0 aliphatic carbocycles. The Bertz CT molecular complexity index is 564. The topological polar surface area (TPSA) is 26.0 Å². The van der Waals surface area contributed by atoms with E-state index in [0.717, 1.165) is 12.8 Å². The van der Waals surface area contributed by atoms with Gasteiger partial charge in [-0.2, -0.15) is 0 Å². The van der Waals surface area contributed by atoms with E-state index < -0.39 is 0 Å². The van der Waals surface area contributed by atoms with Crippen LogP contribution < -0.4 is 5.73 Å². The van der Waals surface area contributed by atoms with E-state index in [9.17, 15) is 0 Å². The highest BCUT2D eigenvalue weighted by atomic mass is 14.6. The van der Waals surface area contributed by atoms with Crippen molar-refractivity contribution in [3.8, 4) is 0 Å². The zero-order valence-corrected chi connectivity index (χ0v) is 14.3. The van der Waals surface area contributed by atoms with Gasteiger partial charge in [0.2, 0.25) is 0 Å². The van der Waals surface area contributed by atoms with Crippen LogP contribution in [0.2, 0.25) is 0 Å². The second-order valence-corrected chi connectivity index (χ2v) is 6.86. The summed E-state index contributed by atoms with van der Waals surface area (Å²) in [5.74, 6) is 1.17. The molecule has 1 unspecified atom stereocenters. The second kappa shape index (κ2) is 7.60. The molecule has 1 nitrogen and oxygen atoms in total. The minimum absolute atomic E-state index is 0.117. The van der Waals surface area contributed by atoms with E-state index in [1.54, 1.807) is 0 Å². The van der Waals surface area contributed by atoms with Crippen LogP contribution in [0.15, 0.2) is 48.5 Å². The van der Waals surface area contributed by atoms with Crippen molar-refractivity contribution in [3.63, 3.8) is 0 Å². The average Bonchev–Trinajstić information content (AvgIpc) is 2.53. The molecule has 2 aromatic carbocycles. The lowest BCUT2D eigenvalue weighted by atomic mass is 9.95. The fourth-order valence-electron chi connectivity index (χ4n) is 2.69. The minimum atomic E-state index is 0.117. The summed E-state index contributed by atoms with van der Waals surface area (Å²) < 4.78 is 0. The summed E-state index contributed by atoms with van der Waals surface area (Å²) in [7, 11) is 0. The van der Waals surface area contributed by atoms with E-state index in [-0.39, 0.29) is 6.04 Å². The zero-order valence-electron chi connectivity index (χ0n) is 14.3. The first kappa shape index (κ1) is 16.8. The van der Waals surface area contributed by atoms with Gasteiger partial charge < -0.3 is 5.73 Å². The first-order valence-corrected chi connectivity index (χ1v) is 8.41. The predicted octanol–water partition coefficient (Wildman–Crippen LogP) is 5.57. The maximum Gasteiger partial charge on any atom is 0.0298 e. The Balaban J connectivity index is 1.93. The third kappa shape index (κ3) is 4.45. The first-order valence-electron chi connectivity index (χ1n) is 8.41. The van der Waals surface area contributed by atoms with E-state index in [0.29, 0.717) is 11.8 Å². The van der Waals surface area contributed by atoms with Crippen molar-refractivity contribution < 1.29 is 0 Å². The minimum Gasteiger partial charge on any atom is -0.324 e. The van der Waals surface area contributed by atoms with Gasteiger partial charge in [-0.3, -0.25) is 0 Å². The second-order valence-electron chi connectivity index (χ2n) is 6.86. The highest BCUT2D eigenvalue weighted by Crippen LogP contribution is 2.21. The normalized spacial score (nSPS) is 12.9. The molecule has 22 heavy (non-hydrogen) atoms. The number of nitrogens with two attached hydrogens (primary N) is 1. The summed E-state index contributed by atoms with van der Waals surface area (Å²) in [6, 6.07) is 17.9.